The standard InChI is InChI=1S/C19H35N3O4S/c1-16(2)8-13-27(24,25)19-20-14-18(22(19)10-12-26-3)15-21-9-5-4-6-17(21)7-11-23/h14,16-17,23H,4-13,15H2,1-3H3/t17-/m1/s1. The van der Waals surface area contributed by atoms with Gasteiger partial charge in [0, 0.05) is 32.8 Å². The second-order valence-electron chi connectivity index (χ2n) is 7.81. The average molecular weight is 402 g/mol. The number of hydrogen-bond acceptors (Lipinski definition) is 6. The third-order valence-corrected chi connectivity index (χ3v) is 6.89. The monoisotopic (exact) mass is 401 g/mol. The van der Waals surface area contributed by atoms with Crippen LogP contribution in [-0.2, 0) is 27.7 Å². The van der Waals surface area contributed by atoms with Crippen LogP contribution in [0.15, 0.2) is 11.4 Å². The SMILES string of the molecule is COCCn1c(CN2CCCC[C@@H]2CCO)cnc1S(=O)(=O)CCC(C)C. The Morgan fingerprint density at radius 1 is 1.37 bits per heavy atom. The van der Waals surface area contributed by atoms with Gasteiger partial charge in [-0.25, -0.2) is 13.4 Å². The van der Waals surface area contributed by atoms with E-state index in [4.69, 9.17) is 4.74 Å². The molecule has 1 fully saturated rings. The smallest absolute Gasteiger partial charge is 0.227 e. The fraction of sp³-hybridized carbons (Fsp3) is 0.842. The van der Waals surface area contributed by atoms with E-state index in [0.29, 0.717) is 38.1 Å². The highest BCUT2D eigenvalue weighted by Gasteiger charge is 2.27. The lowest BCUT2D eigenvalue weighted by atomic mass is 9.99. The maximum Gasteiger partial charge on any atom is 0.227 e. The number of piperidine rings is 1. The molecule has 0 spiro atoms. The summed E-state index contributed by atoms with van der Waals surface area (Å²) in [7, 11) is -1.81. The van der Waals surface area contributed by atoms with E-state index in [0.717, 1.165) is 31.5 Å². The van der Waals surface area contributed by atoms with Gasteiger partial charge in [-0.2, -0.15) is 0 Å². The molecule has 7 nitrogen and oxygen atoms in total. The first kappa shape index (κ1) is 22.3. The topological polar surface area (TPSA) is 84.7 Å². The summed E-state index contributed by atoms with van der Waals surface area (Å²) >= 11 is 0. The fourth-order valence-electron chi connectivity index (χ4n) is 3.62. The van der Waals surface area contributed by atoms with Crippen molar-refractivity contribution in [3.63, 3.8) is 0 Å². The molecule has 1 saturated heterocycles. The molecule has 156 valence electrons. The lowest BCUT2D eigenvalue weighted by Gasteiger charge is -2.35. The van der Waals surface area contributed by atoms with E-state index in [2.05, 4.69) is 9.88 Å². The minimum Gasteiger partial charge on any atom is -0.396 e. The first-order chi connectivity index (χ1) is 12.9. The van der Waals surface area contributed by atoms with Crippen molar-refractivity contribution in [2.75, 3.05) is 32.6 Å². The van der Waals surface area contributed by atoms with Crippen LogP contribution >= 0.6 is 0 Å². The molecule has 0 radical (unpaired) electrons. The summed E-state index contributed by atoms with van der Waals surface area (Å²) in [6.45, 7) is 6.76. The number of hydrogen-bond donors (Lipinski definition) is 1. The highest BCUT2D eigenvalue weighted by molar-refractivity contribution is 7.91. The minimum atomic E-state index is -3.42. The highest BCUT2D eigenvalue weighted by atomic mass is 32.2. The summed E-state index contributed by atoms with van der Waals surface area (Å²) in [5.41, 5.74) is 0.903. The van der Waals surface area contributed by atoms with Crippen molar-refractivity contribution in [3.8, 4) is 0 Å². The molecule has 0 bridgehead atoms. The summed E-state index contributed by atoms with van der Waals surface area (Å²) in [6.07, 6.45) is 6.46. The van der Waals surface area contributed by atoms with Gasteiger partial charge >= 0.3 is 0 Å². The highest BCUT2D eigenvalue weighted by Crippen LogP contribution is 2.23. The van der Waals surface area contributed by atoms with E-state index in [1.54, 1.807) is 13.3 Å². The van der Waals surface area contributed by atoms with E-state index >= 15 is 0 Å². The second-order valence-corrected chi connectivity index (χ2v) is 9.81. The van der Waals surface area contributed by atoms with Crippen molar-refractivity contribution in [2.45, 2.75) is 70.2 Å². The Morgan fingerprint density at radius 2 is 2.15 bits per heavy atom. The second kappa shape index (κ2) is 10.5. The molecule has 0 unspecified atom stereocenters. The maximum atomic E-state index is 12.8. The summed E-state index contributed by atoms with van der Waals surface area (Å²) < 4.78 is 32.6. The number of nitrogens with zero attached hydrogens (tertiary/aromatic N) is 3. The van der Waals surface area contributed by atoms with Crippen LogP contribution in [0.5, 0.6) is 0 Å². The molecule has 0 aromatic carbocycles. The van der Waals surface area contributed by atoms with Crippen LogP contribution in [0.2, 0.25) is 0 Å². The summed E-state index contributed by atoms with van der Waals surface area (Å²) in [6, 6.07) is 0.343. The van der Waals surface area contributed by atoms with Gasteiger partial charge < -0.3 is 14.4 Å². The zero-order valence-corrected chi connectivity index (χ0v) is 17.7. The maximum absolute atomic E-state index is 12.8. The number of aromatic nitrogens is 2. The Hall–Kier alpha value is -0.960. The van der Waals surface area contributed by atoms with E-state index in [1.807, 2.05) is 18.4 Å². The van der Waals surface area contributed by atoms with Gasteiger partial charge in [0.15, 0.2) is 0 Å². The largest absolute Gasteiger partial charge is 0.396 e. The molecule has 2 heterocycles. The van der Waals surface area contributed by atoms with Crippen LogP contribution in [0, 0.1) is 5.92 Å². The lowest BCUT2D eigenvalue weighted by molar-refractivity contribution is 0.108. The minimum absolute atomic E-state index is 0.116. The molecule has 1 aromatic heterocycles. The molecule has 1 aliphatic heterocycles. The Morgan fingerprint density at radius 3 is 2.81 bits per heavy atom. The molecule has 27 heavy (non-hydrogen) atoms. The third-order valence-electron chi connectivity index (χ3n) is 5.24. The molecule has 0 saturated carbocycles. The van der Waals surface area contributed by atoms with Crippen molar-refractivity contribution >= 4 is 9.84 Å². The quantitative estimate of drug-likeness (QED) is 0.611. The van der Waals surface area contributed by atoms with Crippen LogP contribution in [0.3, 0.4) is 0 Å². The van der Waals surface area contributed by atoms with E-state index in [-0.39, 0.29) is 17.5 Å². The number of aliphatic hydroxyl groups is 1. The van der Waals surface area contributed by atoms with E-state index in [1.165, 1.54) is 6.42 Å². The number of aliphatic hydroxyl groups excluding tert-OH is 1. The first-order valence-corrected chi connectivity index (χ1v) is 11.6. The molecule has 2 rings (SSSR count). The lowest BCUT2D eigenvalue weighted by Crippen LogP contribution is -2.40. The number of ether oxygens (including phenoxy) is 1. The van der Waals surface area contributed by atoms with E-state index < -0.39 is 9.84 Å². The number of imidazole rings is 1. The van der Waals surface area contributed by atoms with Crippen molar-refractivity contribution < 1.29 is 18.3 Å². The number of sulfone groups is 1. The van der Waals surface area contributed by atoms with Crippen LogP contribution in [0.4, 0.5) is 0 Å². The zero-order valence-electron chi connectivity index (χ0n) is 16.9. The molecule has 0 aliphatic carbocycles. The van der Waals surface area contributed by atoms with Gasteiger partial charge in [0.1, 0.15) is 0 Å². The number of methoxy groups -OCH3 is 1. The Kier molecular flexibility index (Phi) is 8.72. The number of rotatable bonds is 11. The molecule has 1 atom stereocenters. The van der Waals surface area contributed by atoms with Crippen molar-refractivity contribution in [3.05, 3.63) is 11.9 Å². The first-order valence-electron chi connectivity index (χ1n) is 10.00. The third kappa shape index (κ3) is 6.27. The van der Waals surface area contributed by atoms with Crippen molar-refractivity contribution in [1.82, 2.24) is 14.5 Å². The van der Waals surface area contributed by atoms with Crippen LogP contribution in [0.25, 0.3) is 0 Å². The molecular weight excluding hydrogens is 366 g/mol. The normalized spacial score (nSPS) is 19.1. The van der Waals surface area contributed by atoms with Gasteiger partial charge in [0.25, 0.3) is 0 Å². The molecule has 8 heteroatoms. The summed E-state index contributed by atoms with van der Waals surface area (Å²) in [5.74, 6) is 0.444. The van der Waals surface area contributed by atoms with Gasteiger partial charge in [0.05, 0.1) is 24.3 Å². The molecular formula is C19H35N3O4S. The van der Waals surface area contributed by atoms with Crippen molar-refractivity contribution in [1.29, 1.82) is 0 Å². The summed E-state index contributed by atoms with van der Waals surface area (Å²) in [5, 5.41) is 9.51. The van der Waals surface area contributed by atoms with Crippen molar-refractivity contribution in [2.24, 2.45) is 5.92 Å². The fourth-order valence-corrected chi connectivity index (χ4v) is 5.34. The molecule has 1 N–H and O–H groups in total. The summed E-state index contributed by atoms with van der Waals surface area (Å²) in [4.78, 5) is 6.65. The van der Waals surface area contributed by atoms with Gasteiger partial charge in [0.2, 0.25) is 15.0 Å². The van der Waals surface area contributed by atoms with Gasteiger partial charge in [-0.15, -0.1) is 0 Å². The Labute approximate surface area is 163 Å². The molecule has 1 aliphatic rings. The van der Waals surface area contributed by atoms with Gasteiger partial charge in [-0.3, -0.25) is 4.90 Å². The number of likely N-dealkylation sites (tertiary alicyclic amines) is 1. The zero-order chi connectivity index (χ0) is 19.9. The van der Waals surface area contributed by atoms with Crippen LogP contribution in [0.1, 0.15) is 51.6 Å². The van der Waals surface area contributed by atoms with Gasteiger partial charge in [-0.05, 0) is 38.1 Å². The van der Waals surface area contributed by atoms with Crippen LogP contribution in [-0.4, -0.2) is 66.6 Å². The molecule has 0 amide bonds. The van der Waals surface area contributed by atoms with Crippen LogP contribution < -0.4 is 0 Å². The Bertz CT molecular complexity index is 670. The predicted octanol–water partition coefficient (Wildman–Crippen LogP) is 2.09. The molecule has 1 aromatic rings. The predicted molar refractivity (Wildman–Crippen MR) is 105 cm³/mol. The average Bonchev–Trinajstić information content (AvgIpc) is 3.03. The Balaban J connectivity index is 2.24. The van der Waals surface area contributed by atoms with E-state index in [9.17, 15) is 13.5 Å². The van der Waals surface area contributed by atoms with Gasteiger partial charge in [-0.1, -0.05) is 20.3 Å².